The van der Waals surface area contributed by atoms with Crippen LogP contribution in [0.5, 0.6) is 0 Å². The van der Waals surface area contributed by atoms with E-state index >= 15 is 0 Å². The molecule has 37 heteroatoms. The van der Waals surface area contributed by atoms with Crippen molar-refractivity contribution < 1.29 is 173 Å². The lowest BCUT2D eigenvalue weighted by molar-refractivity contribution is -0.401. The lowest BCUT2D eigenvalue weighted by Crippen LogP contribution is -2.71. The van der Waals surface area contributed by atoms with Crippen LogP contribution in [0.25, 0.3) is 0 Å². The van der Waals surface area contributed by atoms with Crippen LogP contribution in [0.2, 0.25) is 0 Å². The summed E-state index contributed by atoms with van der Waals surface area (Å²) in [7, 11) is 0. The van der Waals surface area contributed by atoms with E-state index in [4.69, 9.17) is 61.6 Å². The number of aliphatic hydroxyl groups is 20. The van der Waals surface area contributed by atoms with Gasteiger partial charge in [-0.2, -0.15) is 0 Å². The first-order chi connectivity index (χ1) is 39.2. The first kappa shape index (κ1) is 68.1. The SMILES string of the molecule is CC(=O)N[C@H]1[C@@H](O[C@H]2[C@@H](O)[C@@H](CO)O[C@@H](O[C@H]3[C@@H](O)[C@@H](CO)O[C@@H](O[C@H]4[C@@H](O)[C@@H](CO)O[C@H](O[C@@H]5[C@H](O)[C@@H](O)[C@H](O[C@H]6[C@H](O)[C@@H](O)[C@@H](O)O[C@@H]6CO)O[C@@H]5CO)[C@@H]4O)[C@@H]3NC(C)=O)[C@@H]2O[C@@H]2O[C@@H](C)[C@@H](O)[C@@H](O)[C@@H]2O)O[C@H](CO)[C@H](O)[C@@H]1O. The predicted octanol–water partition coefficient (Wildman–Crippen LogP) is -15.0. The normalized spacial score (nSPS) is 50.8. The summed E-state index contributed by atoms with van der Waals surface area (Å²) in [5.41, 5.74) is 0. The fourth-order valence-corrected chi connectivity index (χ4v) is 10.7. The largest absolute Gasteiger partial charge is 0.394 e. The summed E-state index contributed by atoms with van der Waals surface area (Å²) in [6.45, 7) is -2.94. The molecule has 0 unspecified atom stereocenters. The minimum atomic E-state index is -2.30. The summed E-state index contributed by atoms with van der Waals surface area (Å²) in [5.74, 6) is -1.75. The molecule has 35 atom stereocenters. The van der Waals surface area contributed by atoms with Gasteiger partial charge in [-0.15, -0.1) is 0 Å². The molecule has 482 valence electrons. The molecule has 0 bridgehead atoms. The van der Waals surface area contributed by atoms with Crippen molar-refractivity contribution in [2.75, 3.05) is 39.6 Å². The van der Waals surface area contributed by atoms with Gasteiger partial charge in [0.05, 0.1) is 45.7 Å². The number of amides is 2. The summed E-state index contributed by atoms with van der Waals surface area (Å²) < 4.78 is 75.7. The highest BCUT2D eigenvalue weighted by Gasteiger charge is 2.60. The molecule has 0 saturated carbocycles. The summed E-state index contributed by atoms with van der Waals surface area (Å²) in [5, 5.41) is 221. The average molecular weight is 1220 g/mol. The van der Waals surface area contributed by atoms with Gasteiger partial charge in [0.1, 0.15) is 165 Å². The second kappa shape index (κ2) is 29.3. The van der Waals surface area contributed by atoms with Crippen LogP contribution in [0.1, 0.15) is 20.8 Å². The van der Waals surface area contributed by atoms with Gasteiger partial charge in [-0.1, -0.05) is 0 Å². The van der Waals surface area contributed by atoms with Gasteiger partial charge in [0.15, 0.2) is 44.0 Å². The van der Waals surface area contributed by atoms with E-state index in [0.29, 0.717) is 0 Å². The Balaban J connectivity index is 1.19. The van der Waals surface area contributed by atoms with E-state index in [9.17, 15) is 112 Å². The van der Waals surface area contributed by atoms with Crippen LogP contribution in [0, 0.1) is 0 Å². The van der Waals surface area contributed by atoms with Crippen molar-refractivity contribution in [3.8, 4) is 0 Å². The zero-order chi connectivity index (χ0) is 61.2. The topological polar surface area (TPSA) is 583 Å². The van der Waals surface area contributed by atoms with Crippen molar-refractivity contribution in [2.45, 2.75) is 236 Å². The Bertz CT molecular complexity index is 2040. The third-order valence-electron chi connectivity index (χ3n) is 15.3. The highest BCUT2D eigenvalue weighted by Crippen LogP contribution is 2.39. The number of rotatable bonds is 20. The predicted molar refractivity (Wildman–Crippen MR) is 254 cm³/mol. The molecule has 0 aliphatic carbocycles. The Morgan fingerprint density at radius 1 is 0.313 bits per heavy atom. The fraction of sp³-hybridized carbons (Fsp3) is 0.957. The highest BCUT2D eigenvalue weighted by molar-refractivity contribution is 5.73. The number of carbonyl (C=O) groups is 2. The van der Waals surface area contributed by atoms with Crippen LogP contribution in [-0.2, 0) is 71.2 Å². The quantitative estimate of drug-likeness (QED) is 0.0538. The first-order valence-electron chi connectivity index (χ1n) is 26.5. The fourth-order valence-electron chi connectivity index (χ4n) is 10.7. The first-order valence-corrected chi connectivity index (χ1v) is 26.5. The zero-order valence-corrected chi connectivity index (χ0v) is 44.5. The molecule has 22 N–H and O–H groups in total. The van der Waals surface area contributed by atoms with Gasteiger partial charge < -0.3 is 174 Å². The Morgan fingerprint density at radius 3 is 1.22 bits per heavy atom. The van der Waals surface area contributed by atoms with Crippen LogP contribution in [0.3, 0.4) is 0 Å². The molecule has 0 radical (unpaired) electrons. The van der Waals surface area contributed by atoms with Gasteiger partial charge >= 0.3 is 0 Å². The van der Waals surface area contributed by atoms with E-state index in [0.717, 1.165) is 13.8 Å². The monoisotopic (exact) mass is 1220 g/mol. The van der Waals surface area contributed by atoms with Crippen molar-refractivity contribution in [1.29, 1.82) is 0 Å². The van der Waals surface area contributed by atoms with Crippen LogP contribution >= 0.6 is 0 Å². The summed E-state index contributed by atoms with van der Waals surface area (Å²) in [6.07, 6.45) is -64.6. The van der Waals surface area contributed by atoms with E-state index < -0.39 is 266 Å². The second-order valence-electron chi connectivity index (χ2n) is 21.0. The lowest BCUT2D eigenvalue weighted by Gasteiger charge is -2.52. The minimum absolute atomic E-state index is 0.814. The van der Waals surface area contributed by atoms with Gasteiger partial charge in [0.2, 0.25) is 11.8 Å². The van der Waals surface area contributed by atoms with E-state index in [-0.39, 0.29) is 0 Å². The average Bonchev–Trinajstić information content (AvgIpc) is 3.66. The van der Waals surface area contributed by atoms with E-state index in [1.54, 1.807) is 0 Å². The Kier molecular flexibility index (Phi) is 24.0. The van der Waals surface area contributed by atoms with Crippen molar-refractivity contribution in [1.82, 2.24) is 10.6 Å². The zero-order valence-electron chi connectivity index (χ0n) is 44.5. The van der Waals surface area contributed by atoms with E-state index in [2.05, 4.69) is 10.6 Å². The summed E-state index contributed by atoms with van der Waals surface area (Å²) in [6, 6.07) is -3.63. The number of hydrogen-bond acceptors (Lipinski definition) is 35. The molecule has 37 nitrogen and oxygen atoms in total. The highest BCUT2D eigenvalue weighted by atomic mass is 16.8. The molecular formula is C46H78N2O35. The molecule has 7 heterocycles. The Hall–Kier alpha value is -2.38. The maximum atomic E-state index is 13.1. The number of aliphatic hydroxyl groups excluding tert-OH is 20. The molecule has 0 aromatic carbocycles. The molecular weight excluding hydrogens is 1140 g/mol. The van der Waals surface area contributed by atoms with E-state index in [1.807, 2.05) is 0 Å². The molecule has 0 aromatic heterocycles. The smallest absolute Gasteiger partial charge is 0.217 e. The van der Waals surface area contributed by atoms with Crippen molar-refractivity contribution in [3.63, 3.8) is 0 Å². The van der Waals surface area contributed by atoms with Gasteiger partial charge in [-0.3, -0.25) is 9.59 Å². The van der Waals surface area contributed by atoms with Crippen LogP contribution in [-0.4, -0.2) is 368 Å². The molecule has 0 aromatic rings. The van der Waals surface area contributed by atoms with Gasteiger partial charge in [0.25, 0.3) is 0 Å². The number of hydrogen-bond donors (Lipinski definition) is 22. The van der Waals surface area contributed by atoms with Gasteiger partial charge in [0, 0.05) is 13.8 Å². The Labute approximate surface area is 470 Å². The van der Waals surface area contributed by atoms with Crippen molar-refractivity contribution >= 4 is 11.8 Å². The van der Waals surface area contributed by atoms with Crippen LogP contribution < -0.4 is 10.6 Å². The molecule has 7 aliphatic rings. The molecule has 7 aliphatic heterocycles. The third kappa shape index (κ3) is 14.5. The van der Waals surface area contributed by atoms with Crippen LogP contribution in [0.4, 0.5) is 0 Å². The van der Waals surface area contributed by atoms with Gasteiger partial charge in [-0.25, -0.2) is 0 Å². The summed E-state index contributed by atoms with van der Waals surface area (Å²) >= 11 is 0. The van der Waals surface area contributed by atoms with Crippen molar-refractivity contribution in [2.24, 2.45) is 0 Å². The Morgan fingerprint density at radius 2 is 0.675 bits per heavy atom. The van der Waals surface area contributed by atoms with Crippen molar-refractivity contribution in [3.05, 3.63) is 0 Å². The molecule has 2 amide bonds. The minimum Gasteiger partial charge on any atom is -0.394 e. The third-order valence-corrected chi connectivity index (χ3v) is 15.3. The standard InChI is InChI=1S/C46H78N2O35/c1-10-21(57)27(63)31(67)43(71-10)83-39-38(82-41-19(47-11(2)55)26(62)22(58)13(4-49)73-41)25(61)16(7-52)76-46(39)80-36-20(48-12(3)56)42(74-14(5-50)23(36)59)81-37-24(60)15(6-51)75-45(33(37)69)79-35-18(9-54)77-44(32(68)29(35)65)78-34-17(8-53)72-40(70)30(66)28(34)64/h10,13-46,49-54,57-70H,4-9H2,1-3H3,(H,47,55)(H,48,56)/t10-,13+,14+,15+,16+,17+,18+,19+,20+,21+,22-,23-,24-,25-,26+,27+,28+,29+,30+,31-,32+,33+,34+,35-,36+,37-,38-,39+,40-,41+,42-,43-,44-,45+,46-/m0/s1. The number of ether oxygens (including phenoxy) is 13. The van der Waals surface area contributed by atoms with Crippen LogP contribution in [0.15, 0.2) is 0 Å². The molecule has 7 fully saturated rings. The molecule has 83 heavy (non-hydrogen) atoms. The number of carbonyl (C=O) groups excluding carboxylic acids is 2. The molecule has 7 rings (SSSR count). The maximum absolute atomic E-state index is 13.1. The second-order valence-corrected chi connectivity index (χ2v) is 21.0. The number of nitrogens with one attached hydrogen (secondary N) is 2. The summed E-state index contributed by atoms with van der Waals surface area (Å²) in [4.78, 5) is 25.5. The molecule has 0 spiro atoms. The maximum Gasteiger partial charge on any atom is 0.217 e. The van der Waals surface area contributed by atoms with Gasteiger partial charge in [-0.05, 0) is 6.92 Å². The van der Waals surface area contributed by atoms with E-state index in [1.165, 1.54) is 6.92 Å². The lowest BCUT2D eigenvalue weighted by atomic mass is 9.93. The molecule has 7 saturated heterocycles.